The average molecular weight is 255 g/mol. The maximum Gasteiger partial charge on any atom is 0.150 e. The fraction of sp³-hybridized carbons (Fsp3) is 0.0667. The molecule has 0 aliphatic heterocycles. The summed E-state index contributed by atoms with van der Waals surface area (Å²) in [6.07, 6.45) is 0.646. The normalized spacial score (nSPS) is 9.74. The highest BCUT2D eigenvalue weighted by Crippen LogP contribution is 2.33. The van der Waals surface area contributed by atoms with E-state index in [-0.39, 0.29) is 0 Å². The molecule has 2 rings (SSSR count). The number of rotatable bonds is 3. The lowest BCUT2D eigenvalue weighted by Gasteiger charge is -2.11. The van der Waals surface area contributed by atoms with Gasteiger partial charge in [0.2, 0.25) is 0 Å². The van der Waals surface area contributed by atoms with Crippen molar-refractivity contribution < 1.29 is 13.9 Å². The van der Waals surface area contributed by atoms with Crippen molar-refractivity contribution in [3.63, 3.8) is 0 Å². The molecule has 2 aromatic rings. The summed E-state index contributed by atoms with van der Waals surface area (Å²) in [7, 11) is 1.48. The van der Waals surface area contributed by atoms with Gasteiger partial charge in [-0.05, 0) is 42.0 Å². The zero-order valence-electron chi connectivity index (χ0n) is 10.2. The summed E-state index contributed by atoms with van der Waals surface area (Å²) in [4.78, 5) is 11.0. The van der Waals surface area contributed by atoms with E-state index < -0.39 is 5.82 Å². The molecule has 0 amide bonds. The van der Waals surface area contributed by atoms with E-state index in [4.69, 9.17) is 10.00 Å². The predicted molar refractivity (Wildman–Crippen MR) is 68.5 cm³/mol. The maximum absolute atomic E-state index is 13.4. The van der Waals surface area contributed by atoms with E-state index in [0.717, 1.165) is 0 Å². The van der Waals surface area contributed by atoms with Crippen molar-refractivity contribution in [3.05, 3.63) is 53.3 Å². The molecule has 0 saturated heterocycles. The third kappa shape index (κ3) is 2.45. The molecule has 0 aliphatic rings. The predicted octanol–water partition coefficient (Wildman–Crippen LogP) is 3.19. The van der Waals surface area contributed by atoms with Gasteiger partial charge in [-0.15, -0.1) is 0 Å². The van der Waals surface area contributed by atoms with E-state index in [0.29, 0.717) is 34.3 Å². The van der Waals surface area contributed by atoms with Crippen molar-refractivity contribution in [1.29, 1.82) is 5.26 Å². The Hall–Kier alpha value is -2.67. The van der Waals surface area contributed by atoms with Gasteiger partial charge in [0.25, 0.3) is 0 Å². The second-order valence-electron chi connectivity index (χ2n) is 3.88. The molecule has 0 N–H and O–H groups in total. The Kier molecular flexibility index (Phi) is 3.58. The molecule has 0 saturated carbocycles. The fourth-order valence-corrected chi connectivity index (χ4v) is 1.85. The highest BCUT2D eigenvalue weighted by Gasteiger charge is 2.12. The van der Waals surface area contributed by atoms with Crippen molar-refractivity contribution in [1.82, 2.24) is 0 Å². The summed E-state index contributed by atoms with van der Waals surface area (Å²) in [6, 6.07) is 10.7. The van der Waals surface area contributed by atoms with Gasteiger partial charge < -0.3 is 4.74 Å². The first-order chi connectivity index (χ1) is 9.19. The number of hydrogen-bond donors (Lipinski definition) is 0. The first kappa shape index (κ1) is 12.8. The number of hydrogen-bond acceptors (Lipinski definition) is 3. The van der Waals surface area contributed by atoms with E-state index in [9.17, 15) is 9.18 Å². The minimum atomic E-state index is -0.454. The van der Waals surface area contributed by atoms with Crippen LogP contribution in [0, 0.1) is 17.1 Å². The first-order valence-electron chi connectivity index (χ1n) is 5.53. The highest BCUT2D eigenvalue weighted by molar-refractivity contribution is 5.89. The second-order valence-corrected chi connectivity index (χ2v) is 3.88. The molecule has 0 aromatic heterocycles. The summed E-state index contributed by atoms with van der Waals surface area (Å²) in [5, 5.41) is 8.92. The van der Waals surface area contributed by atoms with E-state index in [1.54, 1.807) is 18.2 Å². The minimum Gasteiger partial charge on any atom is -0.496 e. The number of aldehydes is 1. The lowest BCUT2D eigenvalue weighted by Crippen LogP contribution is -1.94. The molecule has 0 aliphatic carbocycles. The third-order valence-electron chi connectivity index (χ3n) is 2.76. The molecule has 4 heteroatoms. The quantitative estimate of drug-likeness (QED) is 0.791. The Bertz CT molecular complexity index is 674. The molecule has 0 spiro atoms. The van der Waals surface area contributed by atoms with Gasteiger partial charge in [0.15, 0.2) is 6.29 Å². The van der Waals surface area contributed by atoms with Gasteiger partial charge in [-0.2, -0.15) is 5.26 Å². The molecule has 19 heavy (non-hydrogen) atoms. The Morgan fingerprint density at radius 1 is 1.21 bits per heavy atom. The van der Waals surface area contributed by atoms with Gasteiger partial charge in [0.05, 0.1) is 18.7 Å². The van der Waals surface area contributed by atoms with Gasteiger partial charge in [-0.3, -0.25) is 4.79 Å². The molecule has 94 valence electrons. The van der Waals surface area contributed by atoms with E-state index in [2.05, 4.69) is 0 Å². The van der Waals surface area contributed by atoms with Crippen LogP contribution in [-0.2, 0) is 0 Å². The number of ether oxygens (including phenoxy) is 1. The van der Waals surface area contributed by atoms with Crippen LogP contribution in [0.3, 0.4) is 0 Å². The molecule has 3 nitrogen and oxygen atoms in total. The topological polar surface area (TPSA) is 50.1 Å². The molecule has 0 heterocycles. The summed E-state index contributed by atoms with van der Waals surface area (Å²) >= 11 is 0. The number of carbonyl (C=O) groups is 1. The largest absolute Gasteiger partial charge is 0.496 e. The Labute approximate surface area is 109 Å². The zero-order valence-corrected chi connectivity index (χ0v) is 10.2. The number of nitriles is 1. The van der Waals surface area contributed by atoms with Crippen LogP contribution >= 0.6 is 0 Å². The number of nitrogens with zero attached hydrogens (tertiary/aromatic N) is 1. The number of methoxy groups -OCH3 is 1. The third-order valence-corrected chi connectivity index (χ3v) is 2.76. The SMILES string of the molecule is COc1ccc(C#N)cc1-c1cc(F)ccc1C=O. The van der Waals surface area contributed by atoms with Crippen LogP contribution in [0.1, 0.15) is 15.9 Å². The monoisotopic (exact) mass is 255 g/mol. The van der Waals surface area contributed by atoms with Crippen molar-refractivity contribution >= 4 is 6.29 Å². The van der Waals surface area contributed by atoms with Gasteiger partial charge in [0, 0.05) is 11.1 Å². The maximum atomic E-state index is 13.4. The average Bonchev–Trinajstić information content (AvgIpc) is 2.46. The molecule has 0 bridgehead atoms. The number of carbonyl (C=O) groups excluding carboxylic acids is 1. The van der Waals surface area contributed by atoms with E-state index in [1.165, 1.54) is 25.3 Å². The van der Waals surface area contributed by atoms with Gasteiger partial charge in [-0.1, -0.05) is 0 Å². The molecule has 0 unspecified atom stereocenters. The smallest absolute Gasteiger partial charge is 0.150 e. The van der Waals surface area contributed by atoms with E-state index in [1.807, 2.05) is 6.07 Å². The Morgan fingerprint density at radius 3 is 2.63 bits per heavy atom. The molecule has 2 aromatic carbocycles. The van der Waals surface area contributed by atoms with Gasteiger partial charge >= 0.3 is 0 Å². The van der Waals surface area contributed by atoms with Gasteiger partial charge in [0.1, 0.15) is 11.6 Å². The molecule has 0 atom stereocenters. The van der Waals surface area contributed by atoms with Crippen LogP contribution in [0.4, 0.5) is 4.39 Å². The fourth-order valence-electron chi connectivity index (χ4n) is 1.85. The number of benzene rings is 2. The molecule has 0 radical (unpaired) electrons. The molecular weight excluding hydrogens is 245 g/mol. The molecule has 0 fully saturated rings. The summed E-state index contributed by atoms with van der Waals surface area (Å²) in [5.41, 5.74) is 1.68. The molecular formula is C15H10FNO2. The van der Waals surface area contributed by atoms with Crippen LogP contribution in [0.25, 0.3) is 11.1 Å². The van der Waals surface area contributed by atoms with Crippen LogP contribution in [0.2, 0.25) is 0 Å². The van der Waals surface area contributed by atoms with Crippen LogP contribution in [0.5, 0.6) is 5.75 Å². The van der Waals surface area contributed by atoms with Crippen LogP contribution in [-0.4, -0.2) is 13.4 Å². The van der Waals surface area contributed by atoms with Gasteiger partial charge in [-0.25, -0.2) is 4.39 Å². The van der Waals surface area contributed by atoms with Crippen molar-refractivity contribution in [2.45, 2.75) is 0 Å². The number of halogens is 1. The van der Waals surface area contributed by atoms with Crippen LogP contribution in [0.15, 0.2) is 36.4 Å². The highest BCUT2D eigenvalue weighted by atomic mass is 19.1. The van der Waals surface area contributed by atoms with E-state index >= 15 is 0 Å². The lowest BCUT2D eigenvalue weighted by molar-refractivity contribution is 0.112. The Balaban J connectivity index is 2.73. The Morgan fingerprint density at radius 2 is 2.00 bits per heavy atom. The first-order valence-corrected chi connectivity index (χ1v) is 5.53. The summed E-state index contributed by atoms with van der Waals surface area (Å²) in [5.74, 6) is 0.0257. The summed E-state index contributed by atoms with van der Waals surface area (Å²) < 4.78 is 18.6. The van der Waals surface area contributed by atoms with Crippen molar-refractivity contribution in [3.8, 4) is 22.9 Å². The lowest BCUT2D eigenvalue weighted by atomic mass is 9.97. The van der Waals surface area contributed by atoms with Crippen molar-refractivity contribution in [2.24, 2.45) is 0 Å². The minimum absolute atomic E-state index is 0.342. The second kappa shape index (κ2) is 5.32. The summed E-state index contributed by atoms with van der Waals surface area (Å²) in [6.45, 7) is 0. The van der Waals surface area contributed by atoms with Crippen molar-refractivity contribution in [2.75, 3.05) is 7.11 Å². The zero-order chi connectivity index (χ0) is 13.8. The standard InChI is InChI=1S/C15H10FNO2/c1-19-15-5-2-10(8-17)6-14(15)13-7-12(16)4-3-11(13)9-18/h2-7,9H,1H3. The van der Waals surface area contributed by atoms with Crippen LogP contribution < -0.4 is 4.74 Å².